The standard InChI is InChI=1S/C13H13N5O/c1-18(2)11-6-4-3-5-10(11)13(19)16-12-9(7-14)8-15-17-12/h3-6,8H,1-2H3,(H2,15,16,17,19). The van der Waals surface area contributed by atoms with Crippen molar-refractivity contribution in [2.75, 3.05) is 24.3 Å². The van der Waals surface area contributed by atoms with E-state index in [2.05, 4.69) is 15.5 Å². The summed E-state index contributed by atoms with van der Waals surface area (Å²) in [6.07, 6.45) is 1.37. The second kappa shape index (κ2) is 5.23. The minimum Gasteiger partial charge on any atom is -0.377 e. The van der Waals surface area contributed by atoms with Crippen LogP contribution in [0.3, 0.4) is 0 Å². The molecule has 0 atom stereocenters. The molecule has 0 fully saturated rings. The van der Waals surface area contributed by atoms with Crippen LogP contribution in [0.5, 0.6) is 0 Å². The fourth-order valence-corrected chi connectivity index (χ4v) is 1.70. The van der Waals surface area contributed by atoms with Gasteiger partial charge in [-0.3, -0.25) is 9.89 Å². The number of nitrogens with zero attached hydrogens (tertiary/aromatic N) is 3. The third kappa shape index (κ3) is 2.55. The van der Waals surface area contributed by atoms with E-state index in [0.717, 1.165) is 5.69 Å². The first-order chi connectivity index (χ1) is 9.13. The Morgan fingerprint density at radius 3 is 2.84 bits per heavy atom. The van der Waals surface area contributed by atoms with E-state index in [9.17, 15) is 4.79 Å². The third-order valence-corrected chi connectivity index (χ3v) is 2.63. The minimum absolute atomic E-state index is 0.287. The molecule has 0 aliphatic heterocycles. The van der Waals surface area contributed by atoms with Crippen LogP contribution in [0, 0.1) is 11.3 Å². The molecule has 2 aromatic rings. The molecule has 0 bridgehead atoms. The van der Waals surface area contributed by atoms with Crippen LogP contribution in [-0.2, 0) is 0 Å². The van der Waals surface area contributed by atoms with Crippen LogP contribution in [0.4, 0.5) is 11.5 Å². The molecule has 0 unspecified atom stereocenters. The molecule has 6 nitrogen and oxygen atoms in total. The van der Waals surface area contributed by atoms with Gasteiger partial charge in [0.05, 0.1) is 11.8 Å². The summed E-state index contributed by atoms with van der Waals surface area (Å²) in [4.78, 5) is 14.1. The highest BCUT2D eigenvalue weighted by Crippen LogP contribution is 2.19. The number of amides is 1. The SMILES string of the molecule is CN(C)c1ccccc1C(=O)Nc1[nH]ncc1C#N. The maximum Gasteiger partial charge on any atom is 0.258 e. The molecule has 2 N–H and O–H groups in total. The summed E-state index contributed by atoms with van der Waals surface area (Å²) in [6.45, 7) is 0. The number of nitrogens with one attached hydrogen (secondary N) is 2. The van der Waals surface area contributed by atoms with Crippen molar-refractivity contribution < 1.29 is 4.79 Å². The quantitative estimate of drug-likeness (QED) is 0.872. The predicted octanol–water partition coefficient (Wildman–Crippen LogP) is 1.60. The van der Waals surface area contributed by atoms with Gasteiger partial charge in [0.15, 0.2) is 0 Å². The number of aromatic nitrogens is 2. The smallest absolute Gasteiger partial charge is 0.258 e. The molecule has 1 aromatic heterocycles. The first kappa shape index (κ1) is 12.6. The first-order valence-corrected chi connectivity index (χ1v) is 5.64. The summed E-state index contributed by atoms with van der Waals surface area (Å²) in [6, 6.07) is 9.19. The van der Waals surface area contributed by atoms with E-state index in [1.54, 1.807) is 12.1 Å². The monoisotopic (exact) mass is 255 g/mol. The van der Waals surface area contributed by atoms with Crippen LogP contribution in [0.2, 0.25) is 0 Å². The van der Waals surface area contributed by atoms with Crippen molar-refractivity contribution in [2.45, 2.75) is 0 Å². The highest BCUT2D eigenvalue weighted by atomic mass is 16.1. The van der Waals surface area contributed by atoms with Crippen LogP contribution in [0.1, 0.15) is 15.9 Å². The van der Waals surface area contributed by atoms with E-state index in [0.29, 0.717) is 16.9 Å². The Kier molecular flexibility index (Phi) is 3.48. The highest BCUT2D eigenvalue weighted by molar-refractivity contribution is 6.08. The zero-order valence-corrected chi connectivity index (χ0v) is 10.6. The van der Waals surface area contributed by atoms with E-state index in [1.165, 1.54) is 6.20 Å². The molecular formula is C13H13N5O. The summed E-state index contributed by atoms with van der Waals surface area (Å²) in [5.41, 5.74) is 1.64. The van der Waals surface area contributed by atoms with Crippen molar-refractivity contribution in [2.24, 2.45) is 0 Å². The number of para-hydroxylation sites is 1. The number of aromatic amines is 1. The van der Waals surface area contributed by atoms with Crippen LogP contribution in [0.25, 0.3) is 0 Å². The van der Waals surface area contributed by atoms with Gasteiger partial charge in [-0.15, -0.1) is 0 Å². The lowest BCUT2D eigenvalue weighted by atomic mass is 10.1. The zero-order chi connectivity index (χ0) is 13.8. The Balaban J connectivity index is 2.29. The lowest BCUT2D eigenvalue weighted by molar-refractivity contribution is 0.102. The third-order valence-electron chi connectivity index (χ3n) is 2.63. The summed E-state index contributed by atoms with van der Waals surface area (Å²) >= 11 is 0. The molecular weight excluding hydrogens is 242 g/mol. The van der Waals surface area contributed by atoms with Gasteiger partial charge in [-0.05, 0) is 12.1 Å². The Labute approximate surface area is 110 Å². The Morgan fingerprint density at radius 1 is 1.42 bits per heavy atom. The molecule has 0 aliphatic carbocycles. The number of benzene rings is 1. The molecule has 1 amide bonds. The maximum absolute atomic E-state index is 12.2. The average molecular weight is 255 g/mol. The van der Waals surface area contributed by atoms with Gasteiger partial charge < -0.3 is 10.2 Å². The Hall–Kier alpha value is -2.81. The van der Waals surface area contributed by atoms with Gasteiger partial charge in [-0.1, -0.05) is 12.1 Å². The van der Waals surface area contributed by atoms with E-state index in [1.807, 2.05) is 37.2 Å². The Bertz CT molecular complexity index is 638. The van der Waals surface area contributed by atoms with Crippen molar-refractivity contribution in [1.82, 2.24) is 10.2 Å². The van der Waals surface area contributed by atoms with Crippen LogP contribution < -0.4 is 10.2 Å². The second-order valence-electron chi connectivity index (χ2n) is 4.14. The molecule has 96 valence electrons. The predicted molar refractivity (Wildman–Crippen MR) is 72.0 cm³/mol. The van der Waals surface area contributed by atoms with Crippen molar-refractivity contribution >= 4 is 17.4 Å². The number of rotatable bonds is 3. The first-order valence-electron chi connectivity index (χ1n) is 5.64. The summed E-state index contributed by atoms with van der Waals surface area (Å²) in [7, 11) is 3.73. The van der Waals surface area contributed by atoms with Gasteiger partial charge in [0, 0.05) is 19.8 Å². The topological polar surface area (TPSA) is 84.8 Å². The number of H-pyrrole nitrogens is 1. The van der Waals surface area contributed by atoms with Crippen LogP contribution in [-0.4, -0.2) is 30.2 Å². The fourth-order valence-electron chi connectivity index (χ4n) is 1.70. The van der Waals surface area contributed by atoms with E-state index < -0.39 is 0 Å². The number of anilines is 2. The largest absolute Gasteiger partial charge is 0.377 e. The molecule has 1 aromatic carbocycles. The molecule has 0 spiro atoms. The van der Waals surface area contributed by atoms with Crippen molar-refractivity contribution in [1.29, 1.82) is 5.26 Å². The lowest BCUT2D eigenvalue weighted by Crippen LogP contribution is -2.18. The molecule has 0 radical (unpaired) electrons. The van der Waals surface area contributed by atoms with Crippen LogP contribution in [0.15, 0.2) is 30.5 Å². The molecule has 2 rings (SSSR count). The van der Waals surface area contributed by atoms with Crippen molar-refractivity contribution in [3.05, 3.63) is 41.6 Å². The van der Waals surface area contributed by atoms with Crippen molar-refractivity contribution in [3.63, 3.8) is 0 Å². The minimum atomic E-state index is -0.287. The zero-order valence-electron chi connectivity index (χ0n) is 10.6. The van der Waals surface area contributed by atoms with Gasteiger partial charge in [0.2, 0.25) is 0 Å². The molecule has 0 saturated carbocycles. The highest BCUT2D eigenvalue weighted by Gasteiger charge is 2.14. The summed E-state index contributed by atoms with van der Waals surface area (Å²) < 4.78 is 0. The van der Waals surface area contributed by atoms with Gasteiger partial charge in [0.1, 0.15) is 17.5 Å². The molecule has 6 heteroatoms. The normalized spacial score (nSPS) is 9.74. The van der Waals surface area contributed by atoms with Crippen molar-refractivity contribution in [3.8, 4) is 6.07 Å². The van der Waals surface area contributed by atoms with Crippen LogP contribution >= 0.6 is 0 Å². The lowest BCUT2D eigenvalue weighted by Gasteiger charge is -2.16. The second-order valence-corrected chi connectivity index (χ2v) is 4.14. The van der Waals surface area contributed by atoms with E-state index >= 15 is 0 Å². The summed E-state index contributed by atoms with van der Waals surface area (Å²) in [5.74, 6) is 0.0195. The van der Waals surface area contributed by atoms with E-state index in [4.69, 9.17) is 5.26 Å². The molecule has 19 heavy (non-hydrogen) atoms. The molecule has 0 aliphatic rings. The number of carbonyl (C=O) groups is 1. The Morgan fingerprint density at radius 2 is 2.16 bits per heavy atom. The maximum atomic E-state index is 12.2. The fraction of sp³-hybridized carbons (Fsp3) is 0.154. The van der Waals surface area contributed by atoms with Gasteiger partial charge in [0.25, 0.3) is 5.91 Å². The summed E-state index contributed by atoms with van der Waals surface area (Å²) in [5, 5.41) is 17.8. The number of hydrogen-bond acceptors (Lipinski definition) is 4. The number of hydrogen-bond donors (Lipinski definition) is 2. The number of carbonyl (C=O) groups excluding carboxylic acids is 1. The molecule has 0 saturated heterocycles. The van der Waals surface area contributed by atoms with Gasteiger partial charge >= 0.3 is 0 Å². The molecule has 1 heterocycles. The van der Waals surface area contributed by atoms with E-state index in [-0.39, 0.29) is 5.91 Å². The number of nitriles is 1. The van der Waals surface area contributed by atoms with Gasteiger partial charge in [-0.25, -0.2) is 0 Å². The average Bonchev–Trinajstić information content (AvgIpc) is 2.85. The van der Waals surface area contributed by atoms with Gasteiger partial charge in [-0.2, -0.15) is 10.4 Å².